The second-order valence-electron chi connectivity index (χ2n) is 9.02. The molecule has 0 aliphatic rings. The topological polar surface area (TPSA) is 58.6 Å². The fourth-order valence-electron chi connectivity index (χ4n) is 2.75. The van der Waals surface area contributed by atoms with Crippen molar-refractivity contribution < 1.29 is 23.0 Å². The predicted molar refractivity (Wildman–Crippen MR) is 124 cm³/mol. The van der Waals surface area contributed by atoms with E-state index in [0.29, 0.717) is 0 Å². The van der Waals surface area contributed by atoms with E-state index in [9.17, 15) is 9.46 Å². The zero-order chi connectivity index (χ0) is 22.4. The molecule has 0 aromatic rings. The Morgan fingerprint density at radius 3 is 1.31 bits per heavy atom. The van der Waals surface area contributed by atoms with E-state index in [1.54, 1.807) is 0 Å². The second-order valence-corrected chi connectivity index (χ2v) is 10.4. The molecule has 6 heteroatoms. The van der Waals surface area contributed by atoms with Crippen molar-refractivity contribution in [3.63, 3.8) is 0 Å². The fraction of sp³-hybridized carbons (Fsp3) is 1.00. The maximum atomic E-state index is 11.0. The third-order valence-corrected chi connectivity index (χ3v) is 5.67. The third-order valence-electron chi connectivity index (χ3n) is 4.68. The van der Waals surface area contributed by atoms with E-state index in [-0.39, 0.29) is 13.2 Å². The highest BCUT2D eigenvalue weighted by Gasteiger charge is 2.07. The molecule has 0 saturated heterocycles. The fourth-order valence-corrected chi connectivity index (χ4v) is 3.53. The Balaban J connectivity index is 0. The summed E-state index contributed by atoms with van der Waals surface area (Å²) in [5.41, 5.74) is 0. The molecular weight excluding hydrogens is 385 g/mol. The maximum absolute atomic E-state index is 11.0. The van der Waals surface area contributed by atoms with E-state index in [0.717, 1.165) is 30.2 Å². The number of unbranched alkanes of at least 4 members (excludes halogenated alkanes) is 11. The molecule has 0 spiro atoms. The van der Waals surface area contributed by atoms with Gasteiger partial charge in [0.1, 0.15) is 0 Å². The first-order valence-corrected chi connectivity index (χ1v) is 13.5. The minimum absolute atomic E-state index is 0.226. The van der Waals surface area contributed by atoms with Gasteiger partial charge >= 0.3 is 0 Å². The van der Waals surface area contributed by atoms with Crippen LogP contribution in [-0.2, 0) is 13.6 Å². The highest BCUT2D eigenvalue weighted by atomic mass is 31.2. The second kappa shape index (κ2) is 21.3. The molecule has 0 aliphatic carbocycles. The average Bonchev–Trinajstić information content (AvgIpc) is 2.63. The Labute approximate surface area is 182 Å². The number of quaternary nitrogens is 1. The molecule has 0 atom stereocenters. The Hall–Kier alpha value is 0.0700. The maximum Gasteiger partial charge on any atom is 0.267 e. The van der Waals surface area contributed by atoms with E-state index in [1.807, 2.05) is 13.8 Å². The average molecular weight is 438 g/mol. The standard InChI is InChI=1S/C15H34N.C8H19O4P/c1-5-6-7-8-9-10-11-12-13-14-15-16(2,3)4;1-3-5-7-11-13(9,10)12-8-6-4-2/h5-15H2,1-4H3;3-8H2,1-2H3,(H,9,10)/q+1;/p-1. The lowest BCUT2D eigenvalue weighted by Gasteiger charge is -2.23. The molecule has 0 aromatic carbocycles. The lowest BCUT2D eigenvalue weighted by molar-refractivity contribution is -0.870. The van der Waals surface area contributed by atoms with Crippen LogP contribution in [0, 0.1) is 0 Å². The Kier molecular flexibility index (Phi) is 23.0. The number of rotatable bonds is 19. The molecule has 0 bridgehead atoms. The molecular formula is C23H52NO4P. The zero-order valence-electron chi connectivity index (χ0n) is 20.5. The van der Waals surface area contributed by atoms with Crippen molar-refractivity contribution in [1.29, 1.82) is 0 Å². The van der Waals surface area contributed by atoms with Crippen LogP contribution >= 0.6 is 7.82 Å². The van der Waals surface area contributed by atoms with Gasteiger partial charge in [-0.2, -0.15) is 0 Å². The normalized spacial score (nSPS) is 12.0. The molecule has 0 rings (SSSR count). The SMILES string of the molecule is CCCCCCCCCCCC[N+](C)(C)C.CCCCOP(=O)([O-])OCCCC. The van der Waals surface area contributed by atoms with Gasteiger partial charge in [-0.1, -0.05) is 85.0 Å². The van der Waals surface area contributed by atoms with E-state index in [4.69, 9.17) is 0 Å². The summed E-state index contributed by atoms with van der Waals surface area (Å²) in [5.74, 6) is 0. The van der Waals surface area contributed by atoms with Crippen molar-refractivity contribution >= 4 is 7.82 Å². The first kappa shape index (κ1) is 31.3. The quantitative estimate of drug-likeness (QED) is 0.128. The Morgan fingerprint density at radius 1 is 0.621 bits per heavy atom. The summed E-state index contributed by atoms with van der Waals surface area (Å²) in [5, 5.41) is 0. The summed E-state index contributed by atoms with van der Waals surface area (Å²) in [7, 11) is 2.85. The van der Waals surface area contributed by atoms with Gasteiger partial charge in [0.15, 0.2) is 0 Å². The molecule has 0 radical (unpaired) electrons. The monoisotopic (exact) mass is 437 g/mol. The minimum atomic E-state index is -4.00. The van der Waals surface area contributed by atoms with E-state index < -0.39 is 7.82 Å². The molecule has 0 N–H and O–H groups in total. The van der Waals surface area contributed by atoms with Crippen LogP contribution in [0.4, 0.5) is 0 Å². The lowest BCUT2D eigenvalue weighted by Crippen LogP contribution is -2.35. The van der Waals surface area contributed by atoms with Crippen LogP contribution in [0.1, 0.15) is 111 Å². The Bertz CT molecular complexity index is 358. The third kappa shape index (κ3) is 30.4. The van der Waals surface area contributed by atoms with Gasteiger partial charge in [-0.3, -0.25) is 4.57 Å². The van der Waals surface area contributed by atoms with Crippen LogP contribution in [0.3, 0.4) is 0 Å². The molecule has 0 heterocycles. The van der Waals surface area contributed by atoms with Crippen molar-refractivity contribution in [1.82, 2.24) is 0 Å². The van der Waals surface area contributed by atoms with E-state index >= 15 is 0 Å². The predicted octanol–water partition coefficient (Wildman–Crippen LogP) is 6.70. The van der Waals surface area contributed by atoms with Crippen LogP contribution < -0.4 is 4.89 Å². The van der Waals surface area contributed by atoms with E-state index in [2.05, 4.69) is 37.1 Å². The largest absolute Gasteiger partial charge is 0.756 e. The minimum Gasteiger partial charge on any atom is -0.756 e. The van der Waals surface area contributed by atoms with Crippen molar-refractivity contribution in [3.05, 3.63) is 0 Å². The molecule has 0 amide bonds. The highest BCUT2D eigenvalue weighted by Crippen LogP contribution is 2.38. The number of hydrogen-bond acceptors (Lipinski definition) is 4. The molecule has 0 fully saturated rings. The van der Waals surface area contributed by atoms with E-state index in [1.165, 1.54) is 70.8 Å². The summed E-state index contributed by atoms with van der Waals surface area (Å²) < 4.78 is 21.3. The van der Waals surface area contributed by atoms with Crippen LogP contribution in [0.2, 0.25) is 0 Å². The molecule has 0 aromatic heterocycles. The lowest BCUT2D eigenvalue weighted by atomic mass is 10.1. The first-order chi connectivity index (χ1) is 13.7. The smallest absolute Gasteiger partial charge is 0.267 e. The van der Waals surface area contributed by atoms with Gasteiger partial charge < -0.3 is 18.4 Å². The van der Waals surface area contributed by atoms with Crippen LogP contribution in [0.5, 0.6) is 0 Å². The molecule has 5 nitrogen and oxygen atoms in total. The van der Waals surface area contributed by atoms with Gasteiger partial charge in [0.25, 0.3) is 7.82 Å². The highest BCUT2D eigenvalue weighted by molar-refractivity contribution is 7.45. The summed E-state index contributed by atoms with van der Waals surface area (Å²) in [6.07, 6.45) is 17.7. The number of phosphoric acid groups is 1. The van der Waals surface area contributed by atoms with Crippen LogP contribution in [-0.4, -0.2) is 45.4 Å². The van der Waals surface area contributed by atoms with Crippen molar-refractivity contribution in [2.75, 3.05) is 40.9 Å². The Morgan fingerprint density at radius 2 is 0.966 bits per heavy atom. The van der Waals surface area contributed by atoms with Gasteiger partial charge in [-0.25, -0.2) is 0 Å². The van der Waals surface area contributed by atoms with Gasteiger partial charge in [-0.15, -0.1) is 0 Å². The zero-order valence-corrected chi connectivity index (χ0v) is 21.4. The van der Waals surface area contributed by atoms with Crippen LogP contribution in [0.25, 0.3) is 0 Å². The van der Waals surface area contributed by atoms with Crippen molar-refractivity contribution in [2.24, 2.45) is 0 Å². The summed E-state index contributed by atoms with van der Waals surface area (Å²) in [6.45, 7) is 8.01. The number of hydrogen-bond donors (Lipinski definition) is 0. The molecule has 0 aliphatic heterocycles. The summed E-state index contributed by atoms with van der Waals surface area (Å²) in [4.78, 5) is 11.0. The number of nitrogens with zero attached hydrogens (tertiary/aromatic N) is 1. The van der Waals surface area contributed by atoms with Gasteiger partial charge in [-0.05, 0) is 25.7 Å². The van der Waals surface area contributed by atoms with Crippen molar-refractivity contribution in [2.45, 2.75) is 111 Å². The molecule has 0 saturated carbocycles. The molecule has 178 valence electrons. The van der Waals surface area contributed by atoms with Crippen LogP contribution in [0.15, 0.2) is 0 Å². The molecule has 0 unspecified atom stereocenters. The first-order valence-electron chi connectivity index (χ1n) is 12.1. The van der Waals surface area contributed by atoms with Gasteiger partial charge in [0.2, 0.25) is 0 Å². The molecule has 29 heavy (non-hydrogen) atoms. The van der Waals surface area contributed by atoms with Gasteiger partial charge in [0.05, 0.1) is 40.9 Å². The number of phosphoric ester groups is 1. The van der Waals surface area contributed by atoms with Crippen molar-refractivity contribution in [3.8, 4) is 0 Å². The summed E-state index contributed by atoms with van der Waals surface area (Å²) in [6, 6.07) is 0. The summed E-state index contributed by atoms with van der Waals surface area (Å²) >= 11 is 0. The van der Waals surface area contributed by atoms with Gasteiger partial charge in [0, 0.05) is 0 Å².